The highest BCUT2D eigenvalue weighted by Gasteiger charge is 2.76. The van der Waals surface area contributed by atoms with Crippen LogP contribution in [0.2, 0.25) is 0 Å². The zero-order chi connectivity index (χ0) is 10.4. The summed E-state index contributed by atoms with van der Waals surface area (Å²) < 4.78 is 33.3. The second-order valence-corrected chi connectivity index (χ2v) is 3.84. The minimum atomic E-state index is -5.09. The molecule has 0 aromatic rings. The van der Waals surface area contributed by atoms with Crippen molar-refractivity contribution in [3.63, 3.8) is 0 Å². The Kier molecular flexibility index (Phi) is 1.83. The molecule has 1 rings (SSSR count). The van der Waals surface area contributed by atoms with E-state index in [2.05, 4.69) is 4.74 Å². The molecule has 0 aromatic heterocycles. The molecule has 3 N–H and O–H groups in total. The third kappa shape index (κ3) is 1.17. The van der Waals surface area contributed by atoms with Crippen molar-refractivity contribution in [2.75, 3.05) is 0 Å². The fourth-order valence-corrected chi connectivity index (χ4v) is 1.63. The molecule has 1 aliphatic rings. The molecule has 74 valence electrons. The Hall–Kier alpha value is -1.19. The molecule has 0 amide bonds. The van der Waals surface area contributed by atoms with E-state index in [1.54, 1.807) is 0 Å². The number of aliphatic carboxylic acids is 2. The Morgan fingerprint density at radius 3 is 1.85 bits per heavy atom. The van der Waals surface area contributed by atoms with Crippen LogP contribution >= 0.6 is 0 Å². The zero-order valence-corrected chi connectivity index (χ0v) is 6.68. The van der Waals surface area contributed by atoms with Crippen molar-refractivity contribution < 1.29 is 37.5 Å². The van der Waals surface area contributed by atoms with E-state index in [0.717, 1.165) is 0 Å². The molecule has 0 aromatic carbocycles. The zero-order valence-electron chi connectivity index (χ0n) is 5.87. The Bertz CT molecular complexity index is 368. The van der Waals surface area contributed by atoms with Gasteiger partial charge in [0.2, 0.25) is 6.10 Å². The number of carboxylic acid groups (broad SMARTS) is 2. The Balaban J connectivity index is 3.12. The molecule has 0 saturated carbocycles. The van der Waals surface area contributed by atoms with Crippen LogP contribution in [0.15, 0.2) is 0 Å². The molecule has 1 saturated heterocycles. The molecule has 1 fully saturated rings. The van der Waals surface area contributed by atoms with Crippen molar-refractivity contribution in [2.45, 2.75) is 11.0 Å². The summed E-state index contributed by atoms with van der Waals surface area (Å²) in [4.78, 5) is 17.5. The monoisotopic (exact) mass is 212 g/mol. The third-order valence-electron chi connectivity index (χ3n) is 1.49. The summed E-state index contributed by atoms with van der Waals surface area (Å²) in [7, 11) is -5.09. The van der Waals surface area contributed by atoms with Gasteiger partial charge in [0.05, 0.1) is 0 Å². The molecule has 2 atom stereocenters. The van der Waals surface area contributed by atoms with Crippen LogP contribution in [0.1, 0.15) is 0 Å². The molecule has 0 bridgehead atoms. The quantitative estimate of drug-likeness (QED) is 0.365. The fourth-order valence-electron chi connectivity index (χ4n) is 0.823. The van der Waals surface area contributed by atoms with Gasteiger partial charge in [0, 0.05) is 0 Å². The van der Waals surface area contributed by atoms with Crippen molar-refractivity contribution in [1.29, 1.82) is 0 Å². The number of rotatable bonds is 3. The lowest BCUT2D eigenvalue weighted by Gasteiger charge is -2.00. The largest absolute Gasteiger partial charge is 0.479 e. The van der Waals surface area contributed by atoms with E-state index in [0.29, 0.717) is 0 Å². The van der Waals surface area contributed by atoms with Crippen LogP contribution in [-0.4, -0.2) is 46.2 Å². The summed E-state index contributed by atoms with van der Waals surface area (Å²) in [5.41, 5.74) is 0. The lowest BCUT2D eigenvalue weighted by Crippen LogP contribution is -2.38. The van der Waals surface area contributed by atoms with E-state index in [1.165, 1.54) is 0 Å². The van der Waals surface area contributed by atoms with Gasteiger partial charge in [0.25, 0.3) is 0 Å². The summed E-state index contributed by atoms with van der Waals surface area (Å²) in [6.07, 6.45) is -2.06. The van der Waals surface area contributed by atoms with Gasteiger partial charge in [-0.2, -0.15) is 8.42 Å². The lowest BCUT2D eigenvalue weighted by molar-refractivity contribution is -0.142. The second kappa shape index (κ2) is 2.40. The highest BCUT2D eigenvalue weighted by molar-refractivity contribution is 7.88. The number of hydrogen-bond acceptors (Lipinski definition) is 5. The van der Waals surface area contributed by atoms with Gasteiger partial charge in [-0.25, -0.2) is 9.59 Å². The van der Waals surface area contributed by atoms with Crippen LogP contribution in [-0.2, 0) is 24.4 Å². The van der Waals surface area contributed by atoms with E-state index >= 15 is 0 Å². The molecule has 1 heterocycles. The predicted octanol–water partition coefficient (Wildman–Crippen LogP) is -1.86. The highest BCUT2D eigenvalue weighted by Crippen LogP contribution is 2.41. The molecule has 13 heavy (non-hydrogen) atoms. The van der Waals surface area contributed by atoms with Crippen LogP contribution in [0.5, 0.6) is 0 Å². The summed E-state index contributed by atoms with van der Waals surface area (Å²) in [5, 5.41) is 16.6. The van der Waals surface area contributed by atoms with E-state index in [9.17, 15) is 18.0 Å². The van der Waals surface area contributed by atoms with Gasteiger partial charge in [0.1, 0.15) is 0 Å². The first-order valence-corrected chi connectivity index (χ1v) is 4.28. The second-order valence-electron chi connectivity index (χ2n) is 2.28. The van der Waals surface area contributed by atoms with Crippen molar-refractivity contribution in [1.82, 2.24) is 0 Å². The molecule has 2 unspecified atom stereocenters. The van der Waals surface area contributed by atoms with Crippen LogP contribution in [0.3, 0.4) is 0 Å². The third-order valence-corrected chi connectivity index (χ3v) is 2.74. The number of epoxide rings is 1. The lowest BCUT2D eigenvalue weighted by atomic mass is 10.3. The molecule has 0 spiro atoms. The first kappa shape index (κ1) is 9.89. The molecule has 0 aliphatic carbocycles. The Morgan fingerprint density at radius 2 is 1.77 bits per heavy atom. The molecule has 1 aliphatic heterocycles. The van der Waals surface area contributed by atoms with Gasteiger partial charge < -0.3 is 14.9 Å². The van der Waals surface area contributed by atoms with E-state index < -0.39 is 33.1 Å². The van der Waals surface area contributed by atoms with Crippen LogP contribution in [0.4, 0.5) is 0 Å². The highest BCUT2D eigenvalue weighted by atomic mass is 32.2. The van der Waals surface area contributed by atoms with Gasteiger partial charge in [0.15, 0.2) is 0 Å². The number of ether oxygens (including phenoxy) is 1. The van der Waals surface area contributed by atoms with Crippen LogP contribution < -0.4 is 0 Å². The molecular formula is C4H4O8S. The van der Waals surface area contributed by atoms with Crippen molar-refractivity contribution in [3.8, 4) is 0 Å². The van der Waals surface area contributed by atoms with Gasteiger partial charge in [-0.15, -0.1) is 0 Å². The van der Waals surface area contributed by atoms with Crippen molar-refractivity contribution >= 4 is 22.1 Å². The molecular weight excluding hydrogens is 208 g/mol. The van der Waals surface area contributed by atoms with Gasteiger partial charge in [-0.1, -0.05) is 0 Å². The summed E-state index contributed by atoms with van der Waals surface area (Å²) in [6.45, 7) is 0. The van der Waals surface area contributed by atoms with Crippen LogP contribution in [0, 0.1) is 0 Å². The minimum absolute atomic E-state index is 1.76. The van der Waals surface area contributed by atoms with Gasteiger partial charge >= 0.3 is 27.0 Å². The van der Waals surface area contributed by atoms with Crippen molar-refractivity contribution in [2.24, 2.45) is 0 Å². The molecule has 0 radical (unpaired) electrons. The van der Waals surface area contributed by atoms with Gasteiger partial charge in [-0.3, -0.25) is 4.55 Å². The van der Waals surface area contributed by atoms with E-state index in [4.69, 9.17) is 14.8 Å². The molecule has 9 heteroatoms. The first-order valence-electron chi connectivity index (χ1n) is 2.84. The molecule has 8 nitrogen and oxygen atoms in total. The Morgan fingerprint density at radius 1 is 1.31 bits per heavy atom. The maximum absolute atomic E-state index is 10.5. The van der Waals surface area contributed by atoms with Gasteiger partial charge in [-0.05, 0) is 0 Å². The maximum atomic E-state index is 10.5. The minimum Gasteiger partial charge on any atom is -0.479 e. The van der Waals surface area contributed by atoms with Crippen LogP contribution in [0.25, 0.3) is 0 Å². The summed E-state index contributed by atoms with van der Waals surface area (Å²) in [6, 6.07) is 0. The maximum Gasteiger partial charge on any atom is 0.358 e. The first-order chi connectivity index (χ1) is 5.73. The normalized spacial score (nSPS) is 32.5. The topological polar surface area (TPSA) is 142 Å². The number of hydrogen-bond donors (Lipinski definition) is 3. The smallest absolute Gasteiger partial charge is 0.358 e. The van der Waals surface area contributed by atoms with E-state index in [1.807, 2.05) is 0 Å². The van der Waals surface area contributed by atoms with E-state index in [-0.39, 0.29) is 0 Å². The summed E-state index contributed by atoms with van der Waals surface area (Å²) >= 11 is 0. The standard InChI is InChI=1S/C4H4O8S/c5-2(6)1-4(12-1,3(7)8)13(9,10)11/h1H,(H,5,6)(H,7,8)(H,9,10,11). The average Bonchev–Trinajstić information content (AvgIpc) is 2.57. The SMILES string of the molecule is O=C(O)C1OC1(C(=O)O)S(=O)(=O)O. The summed E-state index contributed by atoms with van der Waals surface area (Å²) in [5.74, 6) is -3.82. The number of carboxylic acids is 2. The fraction of sp³-hybridized carbons (Fsp3) is 0.500. The predicted molar refractivity (Wildman–Crippen MR) is 34.4 cm³/mol. The Labute approximate surface area is 71.5 Å². The average molecular weight is 212 g/mol. The number of carbonyl (C=O) groups is 2. The van der Waals surface area contributed by atoms with Crippen molar-refractivity contribution in [3.05, 3.63) is 0 Å².